The topological polar surface area (TPSA) is 67.2 Å². The largest absolute Gasteiger partial charge is 0.438 e. The number of halogens is 3. The van der Waals surface area contributed by atoms with Gasteiger partial charge in [0.25, 0.3) is 5.56 Å². The molecular weight excluding hydrogens is 409 g/mol. The Balaban J connectivity index is 1.73. The second kappa shape index (κ2) is 9.20. The lowest BCUT2D eigenvalue weighted by atomic mass is 10.2. The minimum absolute atomic E-state index is 0.00133. The number of nitrogens with one attached hydrogen (secondary N) is 1. The van der Waals surface area contributed by atoms with E-state index < -0.39 is 29.4 Å². The van der Waals surface area contributed by atoms with Gasteiger partial charge in [-0.2, -0.15) is 13.2 Å². The summed E-state index contributed by atoms with van der Waals surface area (Å²) >= 11 is 0. The number of para-hydroxylation sites is 3. The van der Waals surface area contributed by atoms with Crippen LogP contribution in [0.15, 0.2) is 59.4 Å². The summed E-state index contributed by atoms with van der Waals surface area (Å²) in [6.07, 6.45) is -4.29. The van der Waals surface area contributed by atoms with E-state index >= 15 is 0 Å². The third-order valence-corrected chi connectivity index (χ3v) is 5.00. The van der Waals surface area contributed by atoms with Gasteiger partial charge in [0, 0.05) is 25.8 Å². The van der Waals surface area contributed by atoms with Crippen LogP contribution in [0, 0.1) is 0 Å². The van der Waals surface area contributed by atoms with Gasteiger partial charge in [0.1, 0.15) is 6.04 Å². The zero-order chi connectivity index (χ0) is 22.6. The summed E-state index contributed by atoms with van der Waals surface area (Å²) < 4.78 is 40.8. The van der Waals surface area contributed by atoms with E-state index in [1.807, 2.05) is 42.3 Å². The molecule has 1 heterocycles. The van der Waals surface area contributed by atoms with Gasteiger partial charge in [-0.05, 0) is 37.6 Å². The Bertz CT molecular complexity index is 1110. The third-order valence-electron chi connectivity index (χ3n) is 5.00. The summed E-state index contributed by atoms with van der Waals surface area (Å²) in [7, 11) is 1.93. The maximum absolute atomic E-state index is 13.3. The molecule has 0 aliphatic carbocycles. The molecule has 0 radical (unpaired) electrons. The van der Waals surface area contributed by atoms with Crippen LogP contribution in [0.3, 0.4) is 0 Å². The van der Waals surface area contributed by atoms with Gasteiger partial charge in [0.05, 0.1) is 11.0 Å². The fourth-order valence-corrected chi connectivity index (χ4v) is 3.33. The summed E-state index contributed by atoms with van der Waals surface area (Å²) in [6.45, 7) is 2.40. The first-order valence-corrected chi connectivity index (χ1v) is 9.82. The standard InChI is InChI=1S/C22H23F3N4O2/c1-15(20(30)26-13-8-14-28(2)16-9-4-3-5-10-16)29-18-12-7-6-11-17(18)27-19(21(29)31)22(23,24)25/h3-7,9-12,15H,8,13-14H2,1-2H3,(H,26,30). The molecule has 1 aromatic heterocycles. The van der Waals surface area contributed by atoms with Crippen molar-refractivity contribution in [3.8, 4) is 0 Å². The van der Waals surface area contributed by atoms with Crippen molar-refractivity contribution in [2.45, 2.75) is 25.6 Å². The van der Waals surface area contributed by atoms with Crippen LogP contribution in [0.4, 0.5) is 18.9 Å². The molecule has 0 fully saturated rings. The fourth-order valence-electron chi connectivity index (χ4n) is 3.33. The lowest BCUT2D eigenvalue weighted by molar-refractivity contribution is -0.142. The highest BCUT2D eigenvalue weighted by molar-refractivity contribution is 5.83. The van der Waals surface area contributed by atoms with Crippen molar-refractivity contribution in [3.05, 3.63) is 70.6 Å². The quantitative estimate of drug-likeness (QED) is 0.579. The Morgan fingerprint density at radius 3 is 2.45 bits per heavy atom. The number of hydrogen-bond donors (Lipinski definition) is 1. The highest BCUT2D eigenvalue weighted by atomic mass is 19.4. The smallest absolute Gasteiger partial charge is 0.375 e. The molecule has 0 saturated carbocycles. The SMILES string of the molecule is CC(C(=O)NCCCN(C)c1ccccc1)n1c(=O)c(C(F)(F)F)nc2ccccc21. The molecule has 0 spiro atoms. The summed E-state index contributed by atoms with van der Waals surface area (Å²) in [4.78, 5) is 30.7. The molecular formula is C22H23F3N4O2. The molecule has 1 N–H and O–H groups in total. The lowest BCUT2D eigenvalue weighted by Crippen LogP contribution is -2.39. The van der Waals surface area contributed by atoms with Crippen molar-refractivity contribution >= 4 is 22.6 Å². The van der Waals surface area contributed by atoms with E-state index in [-0.39, 0.29) is 11.0 Å². The number of fused-ring (bicyclic) bond motifs is 1. The Morgan fingerprint density at radius 1 is 1.13 bits per heavy atom. The molecule has 164 valence electrons. The van der Waals surface area contributed by atoms with Crippen molar-refractivity contribution in [2.75, 3.05) is 25.0 Å². The van der Waals surface area contributed by atoms with Crippen LogP contribution in [-0.2, 0) is 11.0 Å². The molecule has 1 atom stereocenters. The number of anilines is 1. The highest BCUT2D eigenvalue weighted by Crippen LogP contribution is 2.27. The molecule has 3 rings (SSSR count). The molecule has 1 unspecified atom stereocenters. The van der Waals surface area contributed by atoms with Gasteiger partial charge in [0.15, 0.2) is 0 Å². The number of alkyl halides is 3. The number of benzene rings is 2. The molecule has 0 aliphatic rings. The van der Waals surface area contributed by atoms with E-state index in [2.05, 4.69) is 10.3 Å². The number of nitrogens with zero attached hydrogens (tertiary/aromatic N) is 3. The van der Waals surface area contributed by atoms with E-state index in [9.17, 15) is 22.8 Å². The van der Waals surface area contributed by atoms with Gasteiger partial charge in [-0.1, -0.05) is 30.3 Å². The molecule has 6 nitrogen and oxygen atoms in total. The number of carbonyl (C=O) groups excluding carboxylic acids is 1. The number of carbonyl (C=O) groups is 1. The first-order chi connectivity index (χ1) is 14.7. The number of aromatic nitrogens is 2. The lowest BCUT2D eigenvalue weighted by Gasteiger charge is -2.21. The van der Waals surface area contributed by atoms with Crippen molar-refractivity contribution in [1.82, 2.24) is 14.9 Å². The summed E-state index contributed by atoms with van der Waals surface area (Å²) in [5.41, 5.74) is -1.66. The van der Waals surface area contributed by atoms with Crippen molar-refractivity contribution in [1.29, 1.82) is 0 Å². The predicted molar refractivity (Wildman–Crippen MR) is 113 cm³/mol. The van der Waals surface area contributed by atoms with Gasteiger partial charge < -0.3 is 10.2 Å². The number of rotatable bonds is 7. The minimum Gasteiger partial charge on any atom is -0.375 e. The average Bonchev–Trinajstić information content (AvgIpc) is 2.75. The third kappa shape index (κ3) is 5.04. The highest BCUT2D eigenvalue weighted by Gasteiger charge is 2.38. The minimum atomic E-state index is -4.92. The normalized spacial score (nSPS) is 12.5. The Labute approximate surface area is 177 Å². The van der Waals surface area contributed by atoms with E-state index in [1.54, 1.807) is 6.07 Å². The molecule has 2 aromatic carbocycles. The maximum Gasteiger partial charge on any atom is 0.438 e. The first-order valence-electron chi connectivity index (χ1n) is 9.82. The van der Waals surface area contributed by atoms with Gasteiger partial charge in [-0.15, -0.1) is 0 Å². The van der Waals surface area contributed by atoms with Crippen LogP contribution < -0.4 is 15.8 Å². The molecule has 0 aliphatic heterocycles. The average molecular weight is 432 g/mol. The van der Waals surface area contributed by atoms with E-state index in [4.69, 9.17) is 0 Å². The first kappa shape index (κ1) is 22.3. The van der Waals surface area contributed by atoms with Crippen LogP contribution >= 0.6 is 0 Å². The Hall–Kier alpha value is -3.36. The summed E-state index contributed by atoms with van der Waals surface area (Å²) in [6, 6.07) is 14.6. The van der Waals surface area contributed by atoms with Crippen LogP contribution in [0.25, 0.3) is 11.0 Å². The molecule has 0 saturated heterocycles. The fraction of sp³-hybridized carbons (Fsp3) is 0.318. The molecule has 31 heavy (non-hydrogen) atoms. The zero-order valence-electron chi connectivity index (χ0n) is 17.2. The summed E-state index contributed by atoms with van der Waals surface area (Å²) in [5, 5.41) is 2.71. The van der Waals surface area contributed by atoms with E-state index in [0.29, 0.717) is 19.5 Å². The Kier molecular flexibility index (Phi) is 6.62. The van der Waals surface area contributed by atoms with Crippen LogP contribution in [-0.4, -0.2) is 35.6 Å². The van der Waals surface area contributed by atoms with Gasteiger partial charge in [-0.3, -0.25) is 14.2 Å². The number of hydrogen-bond acceptors (Lipinski definition) is 4. The predicted octanol–water partition coefficient (Wildman–Crippen LogP) is 3.62. The monoisotopic (exact) mass is 432 g/mol. The zero-order valence-corrected chi connectivity index (χ0v) is 17.2. The van der Waals surface area contributed by atoms with Crippen LogP contribution in [0.1, 0.15) is 25.1 Å². The van der Waals surface area contributed by atoms with Gasteiger partial charge in [-0.25, -0.2) is 4.98 Å². The molecule has 9 heteroatoms. The maximum atomic E-state index is 13.3. The van der Waals surface area contributed by atoms with Gasteiger partial charge >= 0.3 is 6.18 Å². The second-order valence-corrected chi connectivity index (χ2v) is 7.20. The molecule has 3 aromatic rings. The van der Waals surface area contributed by atoms with E-state index in [1.165, 1.54) is 25.1 Å². The van der Waals surface area contributed by atoms with Crippen molar-refractivity contribution in [3.63, 3.8) is 0 Å². The molecule has 0 bridgehead atoms. The molecule has 1 amide bonds. The Morgan fingerprint density at radius 2 is 1.77 bits per heavy atom. The number of amides is 1. The van der Waals surface area contributed by atoms with Crippen LogP contribution in [0.5, 0.6) is 0 Å². The van der Waals surface area contributed by atoms with Crippen LogP contribution in [0.2, 0.25) is 0 Å². The van der Waals surface area contributed by atoms with E-state index in [0.717, 1.165) is 10.3 Å². The van der Waals surface area contributed by atoms with Crippen molar-refractivity contribution < 1.29 is 18.0 Å². The van der Waals surface area contributed by atoms with Gasteiger partial charge in [0.2, 0.25) is 11.6 Å². The summed E-state index contributed by atoms with van der Waals surface area (Å²) in [5.74, 6) is -0.533. The second-order valence-electron chi connectivity index (χ2n) is 7.20. The van der Waals surface area contributed by atoms with Crippen molar-refractivity contribution in [2.24, 2.45) is 0 Å².